The summed E-state index contributed by atoms with van der Waals surface area (Å²) in [6.45, 7) is 2.65. The molecule has 0 spiro atoms. The third-order valence-electron chi connectivity index (χ3n) is 3.87. The first-order valence-corrected chi connectivity index (χ1v) is 6.62. The van der Waals surface area contributed by atoms with Crippen LogP contribution in [0.3, 0.4) is 0 Å². The normalized spacial score (nSPS) is 19.9. The van der Waals surface area contributed by atoms with Crippen LogP contribution in [-0.4, -0.2) is 24.9 Å². The lowest BCUT2D eigenvalue weighted by molar-refractivity contribution is 0.0853. The second kappa shape index (κ2) is 5.12. The average molecular weight is 245 g/mol. The highest BCUT2D eigenvalue weighted by molar-refractivity contribution is 5.60. The molecule has 0 amide bonds. The summed E-state index contributed by atoms with van der Waals surface area (Å²) < 4.78 is 5.41. The fourth-order valence-electron chi connectivity index (χ4n) is 2.74. The Morgan fingerprint density at radius 1 is 1.28 bits per heavy atom. The lowest BCUT2D eigenvalue weighted by atomic mass is 9.88. The number of rotatable bonds is 2. The first kappa shape index (κ1) is 11.8. The molecule has 3 nitrogen and oxygen atoms in total. The Balaban J connectivity index is 1.88. The van der Waals surface area contributed by atoms with Gasteiger partial charge in [-0.15, -0.1) is 0 Å². The topological polar surface area (TPSA) is 41.5 Å². The van der Waals surface area contributed by atoms with Gasteiger partial charge >= 0.3 is 0 Å². The van der Waals surface area contributed by atoms with Gasteiger partial charge in [0.15, 0.2) is 0 Å². The molecule has 2 aliphatic rings. The molecule has 96 valence electrons. The van der Waals surface area contributed by atoms with Crippen molar-refractivity contribution in [1.29, 1.82) is 0 Å². The van der Waals surface area contributed by atoms with E-state index in [4.69, 9.17) is 4.74 Å². The molecule has 2 heterocycles. The average Bonchev–Trinajstić information content (AvgIpc) is 2.47. The van der Waals surface area contributed by atoms with Gasteiger partial charge in [-0.2, -0.15) is 0 Å². The molecular weight excluding hydrogens is 226 g/mol. The second-order valence-electron chi connectivity index (χ2n) is 5.03. The Morgan fingerprint density at radius 3 is 2.89 bits per heavy atom. The molecule has 2 N–H and O–H groups in total. The number of ether oxygens (including phenoxy) is 1. The van der Waals surface area contributed by atoms with Crippen molar-refractivity contribution >= 4 is 6.08 Å². The molecule has 1 saturated heterocycles. The Kier molecular flexibility index (Phi) is 3.35. The molecule has 18 heavy (non-hydrogen) atoms. The SMILES string of the molecule is OCC1=Cc2cc(C3CCOCC3)ccc2CN1. The fraction of sp³-hybridized carbons (Fsp3) is 0.467. The number of hydrogen-bond acceptors (Lipinski definition) is 3. The summed E-state index contributed by atoms with van der Waals surface area (Å²) in [6, 6.07) is 6.73. The van der Waals surface area contributed by atoms with Crippen LogP contribution >= 0.6 is 0 Å². The molecule has 0 aromatic heterocycles. The van der Waals surface area contributed by atoms with Crippen molar-refractivity contribution in [3.05, 3.63) is 40.6 Å². The molecular formula is C15H19NO2. The molecule has 1 aromatic rings. The lowest BCUT2D eigenvalue weighted by Crippen LogP contribution is -2.20. The van der Waals surface area contributed by atoms with Crippen LogP contribution in [0.15, 0.2) is 23.9 Å². The maximum absolute atomic E-state index is 9.19. The van der Waals surface area contributed by atoms with Crippen LogP contribution in [0.1, 0.15) is 35.4 Å². The first-order valence-electron chi connectivity index (χ1n) is 6.62. The van der Waals surface area contributed by atoms with E-state index < -0.39 is 0 Å². The fourth-order valence-corrected chi connectivity index (χ4v) is 2.74. The quantitative estimate of drug-likeness (QED) is 0.837. The predicted molar refractivity (Wildman–Crippen MR) is 71.1 cm³/mol. The van der Waals surface area contributed by atoms with Crippen LogP contribution < -0.4 is 5.32 Å². The van der Waals surface area contributed by atoms with Gasteiger partial charge in [0.25, 0.3) is 0 Å². The molecule has 3 rings (SSSR count). The van der Waals surface area contributed by atoms with Crippen LogP contribution in [0.25, 0.3) is 6.08 Å². The van der Waals surface area contributed by atoms with Gasteiger partial charge in [0, 0.05) is 25.5 Å². The van der Waals surface area contributed by atoms with Gasteiger partial charge in [0.05, 0.1) is 6.61 Å². The molecule has 0 radical (unpaired) electrons. The minimum Gasteiger partial charge on any atom is -0.390 e. The van der Waals surface area contributed by atoms with Gasteiger partial charge in [-0.1, -0.05) is 18.2 Å². The van der Waals surface area contributed by atoms with Crippen molar-refractivity contribution in [2.24, 2.45) is 0 Å². The van der Waals surface area contributed by atoms with Crippen molar-refractivity contribution in [1.82, 2.24) is 5.32 Å². The molecule has 2 aliphatic heterocycles. The summed E-state index contributed by atoms with van der Waals surface area (Å²) in [5.41, 5.74) is 4.88. The van der Waals surface area contributed by atoms with E-state index in [1.165, 1.54) is 16.7 Å². The largest absolute Gasteiger partial charge is 0.390 e. The van der Waals surface area contributed by atoms with E-state index >= 15 is 0 Å². The summed E-state index contributed by atoms with van der Waals surface area (Å²) >= 11 is 0. The van der Waals surface area contributed by atoms with Gasteiger partial charge in [-0.25, -0.2) is 0 Å². The first-order chi connectivity index (χ1) is 8.86. The van der Waals surface area contributed by atoms with E-state index in [1.807, 2.05) is 0 Å². The number of benzene rings is 1. The monoisotopic (exact) mass is 245 g/mol. The van der Waals surface area contributed by atoms with E-state index in [2.05, 4.69) is 29.6 Å². The van der Waals surface area contributed by atoms with Crippen LogP contribution in [0.2, 0.25) is 0 Å². The molecule has 0 bridgehead atoms. The van der Waals surface area contributed by atoms with E-state index in [0.29, 0.717) is 5.92 Å². The second-order valence-corrected chi connectivity index (χ2v) is 5.03. The Labute approximate surface area is 107 Å². The number of aliphatic hydroxyl groups is 1. The Bertz CT molecular complexity index is 462. The highest BCUT2D eigenvalue weighted by Gasteiger charge is 2.17. The number of aliphatic hydroxyl groups excluding tert-OH is 1. The van der Waals surface area contributed by atoms with Crippen LogP contribution in [0.5, 0.6) is 0 Å². The lowest BCUT2D eigenvalue weighted by Gasteiger charge is -2.24. The predicted octanol–water partition coefficient (Wildman–Crippen LogP) is 2.02. The minimum absolute atomic E-state index is 0.0843. The van der Waals surface area contributed by atoms with Gasteiger partial charge in [-0.05, 0) is 41.5 Å². The Hall–Kier alpha value is -1.32. The highest BCUT2D eigenvalue weighted by Crippen LogP contribution is 2.29. The molecule has 3 heteroatoms. The molecule has 0 atom stereocenters. The number of hydrogen-bond donors (Lipinski definition) is 2. The van der Waals surface area contributed by atoms with Crippen molar-refractivity contribution in [3.63, 3.8) is 0 Å². The van der Waals surface area contributed by atoms with Gasteiger partial charge in [0.2, 0.25) is 0 Å². The van der Waals surface area contributed by atoms with Crippen LogP contribution in [0.4, 0.5) is 0 Å². The molecule has 0 unspecified atom stereocenters. The van der Waals surface area contributed by atoms with Crippen LogP contribution in [0, 0.1) is 0 Å². The number of nitrogens with one attached hydrogen (secondary N) is 1. The molecule has 0 aliphatic carbocycles. The smallest absolute Gasteiger partial charge is 0.0827 e. The maximum Gasteiger partial charge on any atom is 0.0827 e. The van der Waals surface area contributed by atoms with Crippen molar-refractivity contribution in [2.75, 3.05) is 19.8 Å². The number of fused-ring (bicyclic) bond motifs is 1. The third kappa shape index (κ3) is 2.28. The van der Waals surface area contributed by atoms with Crippen molar-refractivity contribution < 1.29 is 9.84 Å². The van der Waals surface area contributed by atoms with E-state index in [1.54, 1.807) is 0 Å². The zero-order valence-electron chi connectivity index (χ0n) is 10.5. The van der Waals surface area contributed by atoms with Gasteiger partial charge in [0.1, 0.15) is 0 Å². The maximum atomic E-state index is 9.19. The van der Waals surface area contributed by atoms with E-state index in [-0.39, 0.29) is 6.61 Å². The van der Waals surface area contributed by atoms with E-state index in [9.17, 15) is 5.11 Å². The summed E-state index contributed by atoms with van der Waals surface area (Å²) in [5, 5.41) is 12.4. The van der Waals surface area contributed by atoms with E-state index in [0.717, 1.165) is 38.3 Å². The Morgan fingerprint density at radius 2 is 2.11 bits per heavy atom. The zero-order chi connectivity index (χ0) is 12.4. The highest BCUT2D eigenvalue weighted by atomic mass is 16.5. The minimum atomic E-state index is 0.0843. The van der Waals surface area contributed by atoms with Crippen molar-refractivity contribution in [2.45, 2.75) is 25.3 Å². The molecule has 1 aromatic carbocycles. The van der Waals surface area contributed by atoms with Gasteiger partial charge in [-0.3, -0.25) is 0 Å². The third-order valence-corrected chi connectivity index (χ3v) is 3.87. The zero-order valence-corrected chi connectivity index (χ0v) is 10.5. The van der Waals surface area contributed by atoms with Gasteiger partial charge < -0.3 is 15.2 Å². The standard InChI is InChI=1S/C15H19NO2/c17-10-15-8-14-7-12(1-2-13(14)9-16-15)11-3-5-18-6-4-11/h1-2,7-8,11,16-17H,3-6,9-10H2. The van der Waals surface area contributed by atoms with Crippen molar-refractivity contribution in [3.8, 4) is 0 Å². The molecule has 0 saturated carbocycles. The summed E-state index contributed by atoms with van der Waals surface area (Å²) in [5.74, 6) is 0.630. The molecule has 1 fully saturated rings. The summed E-state index contributed by atoms with van der Waals surface area (Å²) in [4.78, 5) is 0. The summed E-state index contributed by atoms with van der Waals surface area (Å²) in [6.07, 6.45) is 4.29. The summed E-state index contributed by atoms with van der Waals surface area (Å²) in [7, 11) is 0. The van der Waals surface area contributed by atoms with Crippen LogP contribution in [-0.2, 0) is 11.3 Å².